The van der Waals surface area contributed by atoms with Gasteiger partial charge in [0, 0.05) is 31.6 Å². The number of Topliss-reactive ketones (excluding diaryl/α,β-unsaturated/α-hetero) is 1. The van der Waals surface area contributed by atoms with Gasteiger partial charge in [-0.2, -0.15) is 18.2 Å². The number of carbonyl (C=O) groups excluding carboxylic acids is 1. The van der Waals surface area contributed by atoms with Crippen molar-refractivity contribution in [3.8, 4) is 0 Å². The van der Waals surface area contributed by atoms with E-state index in [1.54, 1.807) is 13.8 Å². The topological polar surface area (TPSA) is 67.7 Å². The lowest BCUT2D eigenvalue weighted by Gasteiger charge is -2.39. The molecular weight excluding hydrogens is 377 g/mol. The number of ether oxygens (including phenoxy) is 1. The monoisotopic (exact) mass is 402 g/mol. The minimum absolute atomic E-state index is 0.0733. The third-order valence-corrected chi connectivity index (χ3v) is 5.15. The van der Waals surface area contributed by atoms with Crippen molar-refractivity contribution < 1.29 is 22.7 Å². The molecule has 10 heteroatoms. The van der Waals surface area contributed by atoms with Gasteiger partial charge in [0.05, 0.1) is 19.3 Å². The summed E-state index contributed by atoms with van der Waals surface area (Å²) in [7, 11) is 0. The molecule has 0 spiro atoms. The first-order valence-electron chi connectivity index (χ1n) is 9.42. The number of nitrogens with zero attached hydrogens (tertiary/aromatic N) is 4. The van der Waals surface area contributed by atoms with Crippen LogP contribution in [0.3, 0.4) is 0 Å². The summed E-state index contributed by atoms with van der Waals surface area (Å²) in [5.41, 5.74) is -0.415. The third-order valence-electron chi connectivity index (χ3n) is 5.15. The van der Waals surface area contributed by atoms with Crippen LogP contribution >= 0.6 is 0 Å². The average molecular weight is 402 g/mol. The number of halogens is 3. The lowest BCUT2D eigenvalue weighted by atomic mass is 10.1. The molecule has 0 aliphatic carbocycles. The molecule has 28 heavy (non-hydrogen) atoms. The molecule has 2 unspecified atom stereocenters. The van der Waals surface area contributed by atoms with Gasteiger partial charge >= 0.3 is 6.18 Å². The molecule has 1 aromatic rings. The number of hydrogen-bond acceptors (Lipinski definition) is 6. The van der Waals surface area contributed by atoms with Crippen LogP contribution in [0.1, 0.15) is 27.2 Å². The van der Waals surface area contributed by atoms with E-state index >= 15 is 0 Å². The Morgan fingerprint density at radius 1 is 1.36 bits per heavy atom. The molecule has 2 atom stereocenters. The summed E-state index contributed by atoms with van der Waals surface area (Å²) < 4.78 is 47.6. The number of fused-ring (bicyclic) bond motifs is 1. The maximum Gasteiger partial charge on any atom is 0.408 e. The van der Waals surface area contributed by atoms with Crippen LogP contribution in [0.4, 0.5) is 24.9 Å². The number of carbonyl (C=O) groups is 1. The lowest BCUT2D eigenvalue weighted by molar-refractivity contribution is -0.153. The number of rotatable bonds is 4. The van der Waals surface area contributed by atoms with E-state index in [2.05, 4.69) is 4.98 Å². The SMILES string of the molecule is CC1CN(c2cc(=O)n3c(n2)N(CC(=O)C(C)C)C(C(F)(F)F)CC3)CCO1. The summed E-state index contributed by atoms with van der Waals surface area (Å²) >= 11 is 0. The van der Waals surface area contributed by atoms with E-state index in [1.807, 2.05) is 11.8 Å². The second kappa shape index (κ2) is 7.73. The standard InChI is InChI=1S/C18H25F3N4O3/c1-11(2)13(26)10-25-14(18(19,20)21)4-5-24-16(27)8-15(22-17(24)25)23-6-7-28-12(3)9-23/h8,11-12,14H,4-7,9-10H2,1-3H3. The second-order valence-electron chi connectivity index (χ2n) is 7.63. The van der Waals surface area contributed by atoms with E-state index in [0.29, 0.717) is 25.5 Å². The van der Waals surface area contributed by atoms with Crippen LogP contribution in [0.25, 0.3) is 0 Å². The van der Waals surface area contributed by atoms with Crippen molar-refractivity contribution in [2.24, 2.45) is 5.92 Å². The maximum atomic E-state index is 13.6. The Bertz CT molecular complexity index is 793. The number of aromatic nitrogens is 2. The Kier molecular flexibility index (Phi) is 5.69. The van der Waals surface area contributed by atoms with E-state index in [1.165, 1.54) is 10.6 Å². The number of ketones is 1. The van der Waals surface area contributed by atoms with Gasteiger partial charge < -0.3 is 14.5 Å². The highest BCUT2D eigenvalue weighted by atomic mass is 19.4. The Balaban J connectivity index is 2.04. The summed E-state index contributed by atoms with van der Waals surface area (Å²) in [4.78, 5) is 32.0. The summed E-state index contributed by atoms with van der Waals surface area (Å²) in [6.07, 6.45) is -4.89. The molecule has 0 N–H and O–H groups in total. The van der Waals surface area contributed by atoms with Gasteiger partial charge in [-0.25, -0.2) is 0 Å². The van der Waals surface area contributed by atoms with Crippen molar-refractivity contribution in [3.63, 3.8) is 0 Å². The van der Waals surface area contributed by atoms with Gasteiger partial charge in [0.15, 0.2) is 5.78 Å². The molecule has 1 fully saturated rings. The molecule has 156 valence electrons. The van der Waals surface area contributed by atoms with Gasteiger partial charge in [-0.1, -0.05) is 13.8 Å². The van der Waals surface area contributed by atoms with Gasteiger partial charge in [0.1, 0.15) is 11.9 Å². The molecule has 1 aromatic heterocycles. The van der Waals surface area contributed by atoms with Gasteiger partial charge in [0.2, 0.25) is 5.95 Å². The fraction of sp³-hybridized carbons (Fsp3) is 0.722. The molecule has 0 bridgehead atoms. The summed E-state index contributed by atoms with van der Waals surface area (Å²) in [5, 5.41) is 0. The number of hydrogen-bond donors (Lipinski definition) is 0. The van der Waals surface area contributed by atoms with Crippen LogP contribution in [0, 0.1) is 5.92 Å². The summed E-state index contributed by atoms with van der Waals surface area (Å²) in [6.45, 7) is 6.07. The molecule has 3 heterocycles. The van der Waals surface area contributed by atoms with Crippen LogP contribution in [0.15, 0.2) is 10.9 Å². The van der Waals surface area contributed by atoms with Crippen LogP contribution in [-0.4, -0.2) is 59.9 Å². The first-order chi connectivity index (χ1) is 13.1. The third kappa shape index (κ3) is 4.16. The van der Waals surface area contributed by atoms with E-state index in [4.69, 9.17) is 4.74 Å². The fourth-order valence-corrected chi connectivity index (χ4v) is 3.52. The van der Waals surface area contributed by atoms with E-state index in [-0.39, 0.29) is 30.8 Å². The quantitative estimate of drug-likeness (QED) is 0.766. The number of anilines is 2. The van der Waals surface area contributed by atoms with Gasteiger partial charge in [-0.05, 0) is 13.3 Å². The van der Waals surface area contributed by atoms with Crippen LogP contribution in [0.5, 0.6) is 0 Å². The summed E-state index contributed by atoms with van der Waals surface area (Å²) in [5.74, 6) is -0.526. The molecule has 0 radical (unpaired) electrons. The molecule has 1 saturated heterocycles. The molecule has 0 saturated carbocycles. The molecule has 0 aromatic carbocycles. The predicted octanol–water partition coefficient (Wildman–Crippen LogP) is 1.83. The Labute approximate surface area is 161 Å². The van der Waals surface area contributed by atoms with Crippen molar-refractivity contribution in [3.05, 3.63) is 16.4 Å². The van der Waals surface area contributed by atoms with Crippen molar-refractivity contribution in [1.29, 1.82) is 0 Å². The van der Waals surface area contributed by atoms with Crippen LogP contribution < -0.4 is 15.4 Å². The predicted molar refractivity (Wildman–Crippen MR) is 97.8 cm³/mol. The van der Waals surface area contributed by atoms with Gasteiger partial charge in [0.25, 0.3) is 5.56 Å². The fourth-order valence-electron chi connectivity index (χ4n) is 3.52. The van der Waals surface area contributed by atoms with Crippen molar-refractivity contribution in [2.45, 2.75) is 52.1 Å². The number of morpholine rings is 1. The first-order valence-corrected chi connectivity index (χ1v) is 9.42. The Hall–Kier alpha value is -2.10. The van der Waals surface area contributed by atoms with Crippen LogP contribution in [0.2, 0.25) is 0 Å². The van der Waals surface area contributed by atoms with E-state index in [0.717, 1.165) is 4.90 Å². The molecular formula is C18H25F3N4O3. The Morgan fingerprint density at radius 3 is 2.68 bits per heavy atom. The smallest absolute Gasteiger partial charge is 0.375 e. The molecule has 2 aliphatic rings. The minimum Gasteiger partial charge on any atom is -0.375 e. The maximum absolute atomic E-state index is 13.6. The highest BCUT2D eigenvalue weighted by Crippen LogP contribution is 2.34. The van der Waals surface area contributed by atoms with Crippen molar-refractivity contribution in [1.82, 2.24) is 9.55 Å². The first kappa shape index (κ1) is 20.6. The van der Waals surface area contributed by atoms with Crippen LogP contribution in [-0.2, 0) is 16.1 Å². The van der Waals surface area contributed by atoms with E-state index < -0.39 is 30.2 Å². The summed E-state index contributed by atoms with van der Waals surface area (Å²) in [6, 6.07) is -0.501. The van der Waals surface area contributed by atoms with E-state index in [9.17, 15) is 22.8 Å². The average Bonchev–Trinajstić information content (AvgIpc) is 2.60. The normalized spacial score (nSPS) is 23.1. The number of alkyl halides is 3. The largest absolute Gasteiger partial charge is 0.408 e. The zero-order valence-corrected chi connectivity index (χ0v) is 16.2. The lowest BCUT2D eigenvalue weighted by Crippen LogP contribution is -2.54. The highest BCUT2D eigenvalue weighted by molar-refractivity contribution is 5.85. The molecule has 0 amide bonds. The zero-order chi connectivity index (χ0) is 20.6. The molecule has 7 nitrogen and oxygen atoms in total. The second-order valence-corrected chi connectivity index (χ2v) is 7.63. The molecule has 2 aliphatic heterocycles. The van der Waals surface area contributed by atoms with Gasteiger partial charge in [-0.15, -0.1) is 0 Å². The zero-order valence-electron chi connectivity index (χ0n) is 16.2. The minimum atomic E-state index is -4.52. The Morgan fingerprint density at radius 2 is 2.07 bits per heavy atom. The van der Waals surface area contributed by atoms with Crippen molar-refractivity contribution >= 4 is 17.5 Å². The van der Waals surface area contributed by atoms with Crippen molar-refractivity contribution in [2.75, 3.05) is 36.0 Å². The van der Waals surface area contributed by atoms with Gasteiger partial charge in [-0.3, -0.25) is 14.2 Å². The molecule has 3 rings (SSSR count). The highest BCUT2D eigenvalue weighted by Gasteiger charge is 2.47.